The van der Waals surface area contributed by atoms with Crippen molar-refractivity contribution >= 4 is 11.8 Å². The van der Waals surface area contributed by atoms with Gasteiger partial charge in [0, 0.05) is 12.6 Å². The number of nitrogens with one attached hydrogen (secondary N) is 1. The Kier molecular flexibility index (Phi) is 5.16. The van der Waals surface area contributed by atoms with Crippen molar-refractivity contribution in [2.24, 2.45) is 11.8 Å². The molecule has 1 aromatic rings. The molecular weight excluding hydrogens is 396 g/mol. The fraction of sp³-hybridized carbons (Fsp3) is 0.583. The highest BCUT2D eigenvalue weighted by Crippen LogP contribution is 2.53. The smallest absolute Gasteiger partial charge is 0.230 e. The van der Waals surface area contributed by atoms with Crippen LogP contribution in [0.2, 0.25) is 0 Å². The van der Waals surface area contributed by atoms with Crippen LogP contribution in [0.25, 0.3) is 0 Å². The third kappa shape index (κ3) is 3.30. The highest BCUT2D eigenvalue weighted by atomic mass is 16.5. The molecule has 4 aliphatic rings. The number of hydrogen-bond donors (Lipinski definition) is 1. The van der Waals surface area contributed by atoms with Crippen LogP contribution in [0.1, 0.15) is 31.2 Å². The van der Waals surface area contributed by atoms with Gasteiger partial charge in [0.1, 0.15) is 5.60 Å². The molecule has 0 radical (unpaired) electrons. The molecular formula is C24H30N2O5. The molecule has 166 valence electrons. The maximum atomic E-state index is 13.3. The molecule has 7 nitrogen and oxygen atoms in total. The van der Waals surface area contributed by atoms with Gasteiger partial charge in [0.2, 0.25) is 11.8 Å². The Hall–Kier alpha value is -2.54. The van der Waals surface area contributed by atoms with Crippen LogP contribution in [0.3, 0.4) is 0 Å². The van der Waals surface area contributed by atoms with E-state index in [9.17, 15) is 9.59 Å². The minimum absolute atomic E-state index is 0.0941. The summed E-state index contributed by atoms with van der Waals surface area (Å²) in [5, 5.41) is 3.04. The number of hydrogen-bond acceptors (Lipinski definition) is 5. The molecule has 1 spiro atoms. The van der Waals surface area contributed by atoms with E-state index >= 15 is 0 Å². The summed E-state index contributed by atoms with van der Waals surface area (Å²) in [5.41, 5.74) is 0.429. The molecule has 2 saturated heterocycles. The first-order valence-corrected chi connectivity index (χ1v) is 11.2. The lowest BCUT2D eigenvalue weighted by atomic mass is 9.77. The highest BCUT2D eigenvalue weighted by molar-refractivity contribution is 5.93. The lowest BCUT2D eigenvalue weighted by Crippen LogP contribution is -2.45. The molecule has 3 fully saturated rings. The van der Waals surface area contributed by atoms with E-state index in [1.54, 1.807) is 14.2 Å². The van der Waals surface area contributed by atoms with Gasteiger partial charge in [0.05, 0.1) is 38.7 Å². The van der Waals surface area contributed by atoms with Gasteiger partial charge >= 0.3 is 0 Å². The predicted molar refractivity (Wildman–Crippen MR) is 114 cm³/mol. The highest BCUT2D eigenvalue weighted by Gasteiger charge is 2.67. The molecule has 2 bridgehead atoms. The summed E-state index contributed by atoms with van der Waals surface area (Å²) in [6.07, 6.45) is 8.83. The van der Waals surface area contributed by atoms with E-state index in [0.29, 0.717) is 37.1 Å². The zero-order valence-corrected chi connectivity index (χ0v) is 18.1. The van der Waals surface area contributed by atoms with Crippen LogP contribution in [0.5, 0.6) is 11.5 Å². The van der Waals surface area contributed by atoms with Crippen molar-refractivity contribution in [1.29, 1.82) is 0 Å². The second-order valence-corrected chi connectivity index (χ2v) is 9.03. The number of rotatable bonds is 7. The summed E-state index contributed by atoms with van der Waals surface area (Å²) in [6.45, 7) is 1.07. The summed E-state index contributed by atoms with van der Waals surface area (Å²) in [4.78, 5) is 28.4. The quantitative estimate of drug-likeness (QED) is 0.676. The van der Waals surface area contributed by atoms with E-state index in [4.69, 9.17) is 14.2 Å². The molecule has 31 heavy (non-hydrogen) atoms. The lowest BCUT2D eigenvalue weighted by molar-refractivity contribution is -0.138. The van der Waals surface area contributed by atoms with Crippen molar-refractivity contribution in [1.82, 2.24) is 10.2 Å². The van der Waals surface area contributed by atoms with Crippen LogP contribution in [-0.2, 0) is 20.7 Å². The van der Waals surface area contributed by atoms with Crippen molar-refractivity contribution in [3.05, 3.63) is 35.9 Å². The van der Waals surface area contributed by atoms with Gasteiger partial charge < -0.3 is 24.4 Å². The Balaban J connectivity index is 1.24. The van der Waals surface area contributed by atoms with E-state index < -0.39 is 17.4 Å². The van der Waals surface area contributed by atoms with Crippen LogP contribution < -0.4 is 14.8 Å². The number of carbonyl (C=O) groups is 2. The van der Waals surface area contributed by atoms with Gasteiger partial charge in [-0.05, 0) is 37.0 Å². The average Bonchev–Trinajstić information content (AvgIpc) is 3.55. The van der Waals surface area contributed by atoms with Gasteiger partial charge in [-0.25, -0.2) is 0 Å². The molecule has 7 heteroatoms. The van der Waals surface area contributed by atoms with Gasteiger partial charge in [0.25, 0.3) is 0 Å². The van der Waals surface area contributed by atoms with Gasteiger partial charge in [-0.3, -0.25) is 9.59 Å². The second-order valence-electron chi connectivity index (χ2n) is 9.03. The molecule has 2 amide bonds. The minimum atomic E-state index is -0.615. The van der Waals surface area contributed by atoms with Gasteiger partial charge in [0.15, 0.2) is 11.5 Å². The maximum Gasteiger partial charge on any atom is 0.230 e. The van der Waals surface area contributed by atoms with Crippen LogP contribution in [0, 0.1) is 11.8 Å². The van der Waals surface area contributed by atoms with Gasteiger partial charge in [-0.15, -0.1) is 0 Å². The molecule has 1 aromatic carbocycles. The number of fused-ring (bicyclic) bond motifs is 1. The third-order valence-corrected chi connectivity index (χ3v) is 7.36. The van der Waals surface area contributed by atoms with E-state index in [-0.39, 0.29) is 17.9 Å². The first-order valence-electron chi connectivity index (χ1n) is 11.2. The van der Waals surface area contributed by atoms with E-state index in [1.807, 2.05) is 35.3 Å². The number of methoxy groups -OCH3 is 2. The number of nitrogens with zero attached hydrogens (tertiary/aromatic N) is 1. The van der Waals surface area contributed by atoms with E-state index in [0.717, 1.165) is 18.4 Å². The molecule has 0 unspecified atom stereocenters. The minimum Gasteiger partial charge on any atom is -0.493 e. The number of likely N-dealkylation sites (tertiary alicyclic amines) is 1. The fourth-order valence-corrected chi connectivity index (χ4v) is 5.84. The molecule has 3 heterocycles. The summed E-state index contributed by atoms with van der Waals surface area (Å²) in [7, 11) is 3.21. The summed E-state index contributed by atoms with van der Waals surface area (Å²) < 4.78 is 16.9. The molecule has 1 saturated carbocycles. The summed E-state index contributed by atoms with van der Waals surface area (Å²) in [6, 6.07) is 6.05. The first-order chi connectivity index (χ1) is 15.1. The van der Waals surface area contributed by atoms with Crippen molar-refractivity contribution < 1.29 is 23.8 Å². The van der Waals surface area contributed by atoms with Crippen LogP contribution >= 0.6 is 0 Å². The summed E-state index contributed by atoms with van der Waals surface area (Å²) >= 11 is 0. The molecule has 3 aliphatic heterocycles. The SMILES string of the molecule is COc1ccc(CCNC(=O)[C@@H]2[C@H]3C(=O)N(C4CCCC4)C[C@@]34C=C[C@H]2O4)cc1OC. The molecule has 0 aromatic heterocycles. The summed E-state index contributed by atoms with van der Waals surface area (Å²) in [5.74, 6) is 0.502. The molecule has 1 N–H and O–H groups in total. The van der Waals surface area contributed by atoms with E-state index in [2.05, 4.69) is 5.32 Å². The maximum absolute atomic E-state index is 13.3. The van der Waals surface area contributed by atoms with Gasteiger partial charge in [-0.2, -0.15) is 0 Å². The monoisotopic (exact) mass is 426 g/mol. The number of carbonyl (C=O) groups excluding carboxylic acids is 2. The topological polar surface area (TPSA) is 77.1 Å². The third-order valence-electron chi connectivity index (χ3n) is 7.36. The van der Waals surface area contributed by atoms with Crippen LogP contribution in [0.4, 0.5) is 0 Å². The Morgan fingerprint density at radius 1 is 1.23 bits per heavy atom. The molecule has 1 aliphatic carbocycles. The fourth-order valence-electron chi connectivity index (χ4n) is 5.84. The Labute approximate surface area is 182 Å². The van der Waals surface area contributed by atoms with Crippen molar-refractivity contribution in [3.63, 3.8) is 0 Å². The number of benzene rings is 1. The van der Waals surface area contributed by atoms with Crippen molar-refractivity contribution in [3.8, 4) is 11.5 Å². The largest absolute Gasteiger partial charge is 0.493 e. The van der Waals surface area contributed by atoms with Crippen molar-refractivity contribution in [2.45, 2.75) is 49.9 Å². The normalized spacial score (nSPS) is 31.4. The van der Waals surface area contributed by atoms with E-state index in [1.165, 1.54) is 12.8 Å². The Morgan fingerprint density at radius 3 is 2.74 bits per heavy atom. The van der Waals surface area contributed by atoms with Crippen LogP contribution in [-0.4, -0.2) is 61.8 Å². The lowest BCUT2D eigenvalue weighted by Gasteiger charge is -2.27. The molecule has 5 rings (SSSR count). The number of amides is 2. The zero-order chi connectivity index (χ0) is 21.6. The van der Waals surface area contributed by atoms with Crippen LogP contribution in [0.15, 0.2) is 30.4 Å². The first kappa shape index (κ1) is 20.4. The number of ether oxygens (including phenoxy) is 3. The van der Waals surface area contributed by atoms with Crippen molar-refractivity contribution in [2.75, 3.05) is 27.3 Å². The average molecular weight is 427 g/mol. The predicted octanol–water partition coefficient (Wildman–Crippen LogP) is 2.09. The molecule has 4 atom stereocenters. The second kappa shape index (κ2) is 7.86. The standard InChI is InChI=1S/C24H30N2O5/c1-29-17-8-7-15(13-19(17)30-2)10-12-25-22(27)20-18-9-11-24(31-18)14-26(23(28)21(20)24)16-5-3-4-6-16/h7-9,11,13,16,18,20-21H,3-6,10,12,14H2,1-2H3,(H,25,27)/t18-,20+,21+,24+/m1/s1. The Bertz CT molecular complexity index is 909. The zero-order valence-electron chi connectivity index (χ0n) is 18.1. The van der Waals surface area contributed by atoms with Gasteiger partial charge in [-0.1, -0.05) is 31.1 Å². The Morgan fingerprint density at radius 2 is 2.00 bits per heavy atom.